The zero-order valence-electron chi connectivity index (χ0n) is 18.1. The molecule has 2 atom stereocenters. The van der Waals surface area contributed by atoms with E-state index >= 15 is 4.39 Å². The van der Waals surface area contributed by atoms with E-state index in [9.17, 15) is 9.59 Å². The van der Waals surface area contributed by atoms with Crippen LogP contribution in [-0.2, 0) is 11.4 Å². The fraction of sp³-hybridized carbons (Fsp3) is 0.417. The van der Waals surface area contributed by atoms with Crippen LogP contribution in [0, 0.1) is 11.7 Å². The van der Waals surface area contributed by atoms with Crippen LogP contribution in [0.5, 0.6) is 0 Å². The molecular formula is C24H30ClFN2O3. The fourth-order valence-electron chi connectivity index (χ4n) is 3.50. The van der Waals surface area contributed by atoms with E-state index in [2.05, 4.69) is 5.32 Å². The standard InChI is InChI=1S/C22H24ClFN2O3.C2H6/c1-12(10-18(25)28)26-21(14-6-7-14)16-8-9-17(23)19(20(16)24)22(29)15-4-2-13(11-27)3-5-15;1-2/h2-5,8-9,12,14,21,26-27H,6-7,10-11H2,1H3,(H2,25,28);1-2H3. The SMILES string of the molecule is CC.CC(CC(N)=O)NC(c1ccc(Cl)c(C(=O)c2ccc(CO)cc2)c1F)C1CC1. The first-order chi connectivity index (χ1) is 14.8. The third kappa shape index (κ3) is 6.35. The van der Waals surface area contributed by atoms with Crippen LogP contribution in [0.25, 0.3) is 0 Å². The number of aliphatic hydroxyl groups is 1. The number of amides is 1. The van der Waals surface area contributed by atoms with Gasteiger partial charge >= 0.3 is 0 Å². The number of hydrogen-bond acceptors (Lipinski definition) is 4. The maximum atomic E-state index is 15.5. The van der Waals surface area contributed by atoms with E-state index in [1.54, 1.807) is 30.3 Å². The van der Waals surface area contributed by atoms with Crippen molar-refractivity contribution < 1.29 is 19.1 Å². The number of aliphatic hydroxyl groups excluding tert-OH is 1. The Labute approximate surface area is 187 Å². The number of carbonyl (C=O) groups excluding carboxylic acids is 2. The van der Waals surface area contributed by atoms with Gasteiger partial charge in [-0.2, -0.15) is 0 Å². The highest BCUT2D eigenvalue weighted by Crippen LogP contribution is 2.43. The Morgan fingerprint density at radius 1 is 1.19 bits per heavy atom. The monoisotopic (exact) mass is 448 g/mol. The van der Waals surface area contributed by atoms with Crippen molar-refractivity contribution in [3.8, 4) is 0 Å². The van der Waals surface area contributed by atoms with Gasteiger partial charge in [0.1, 0.15) is 5.82 Å². The Hall–Kier alpha value is -2.28. The third-order valence-electron chi connectivity index (χ3n) is 5.15. The number of rotatable bonds is 9. The summed E-state index contributed by atoms with van der Waals surface area (Å²) in [7, 11) is 0. The summed E-state index contributed by atoms with van der Waals surface area (Å²) in [6.07, 6.45) is 2.02. The molecule has 2 aromatic rings. The molecule has 31 heavy (non-hydrogen) atoms. The third-order valence-corrected chi connectivity index (χ3v) is 5.46. The minimum absolute atomic E-state index is 0.0437. The van der Waals surface area contributed by atoms with Crippen LogP contribution in [0.3, 0.4) is 0 Å². The second-order valence-electron chi connectivity index (χ2n) is 7.56. The molecule has 4 N–H and O–H groups in total. The second-order valence-corrected chi connectivity index (χ2v) is 7.97. The molecule has 0 bridgehead atoms. The molecule has 0 spiro atoms. The van der Waals surface area contributed by atoms with E-state index < -0.39 is 17.5 Å². The molecule has 2 unspecified atom stereocenters. The quantitative estimate of drug-likeness (QED) is 0.491. The van der Waals surface area contributed by atoms with E-state index in [0.717, 1.165) is 12.8 Å². The van der Waals surface area contributed by atoms with Gasteiger partial charge in [0.2, 0.25) is 5.91 Å². The molecule has 7 heteroatoms. The van der Waals surface area contributed by atoms with Crippen molar-refractivity contribution in [2.75, 3.05) is 0 Å². The predicted octanol–water partition coefficient (Wildman–Crippen LogP) is 4.53. The van der Waals surface area contributed by atoms with Crippen molar-refractivity contribution in [2.45, 2.75) is 58.7 Å². The lowest BCUT2D eigenvalue weighted by atomic mass is 9.94. The molecule has 1 fully saturated rings. The highest BCUT2D eigenvalue weighted by molar-refractivity contribution is 6.35. The van der Waals surface area contributed by atoms with E-state index in [0.29, 0.717) is 11.1 Å². The lowest BCUT2D eigenvalue weighted by molar-refractivity contribution is -0.118. The number of benzene rings is 2. The van der Waals surface area contributed by atoms with Crippen LogP contribution in [0.1, 0.15) is 73.1 Å². The number of halogens is 2. The molecule has 1 saturated carbocycles. The Bertz CT molecular complexity index is 914. The van der Waals surface area contributed by atoms with Crippen molar-refractivity contribution in [1.82, 2.24) is 5.32 Å². The minimum Gasteiger partial charge on any atom is -0.392 e. The first kappa shape index (κ1) is 25.0. The number of hydrogen-bond donors (Lipinski definition) is 3. The van der Waals surface area contributed by atoms with Gasteiger partial charge in [-0.15, -0.1) is 0 Å². The molecular weight excluding hydrogens is 419 g/mol. The lowest BCUT2D eigenvalue weighted by Crippen LogP contribution is -2.35. The summed E-state index contributed by atoms with van der Waals surface area (Å²) < 4.78 is 15.5. The van der Waals surface area contributed by atoms with Gasteiger partial charge in [0.25, 0.3) is 0 Å². The summed E-state index contributed by atoms with van der Waals surface area (Å²) in [5, 5.41) is 12.5. The predicted molar refractivity (Wildman–Crippen MR) is 120 cm³/mol. The van der Waals surface area contributed by atoms with Gasteiger partial charge in [0, 0.05) is 29.6 Å². The molecule has 1 aliphatic carbocycles. The molecule has 0 aliphatic heterocycles. The van der Waals surface area contributed by atoms with Crippen LogP contribution in [-0.4, -0.2) is 22.8 Å². The zero-order chi connectivity index (χ0) is 23.1. The topological polar surface area (TPSA) is 92.4 Å². The summed E-state index contributed by atoms with van der Waals surface area (Å²) >= 11 is 6.20. The Morgan fingerprint density at radius 3 is 2.32 bits per heavy atom. The molecule has 0 heterocycles. The highest BCUT2D eigenvalue weighted by atomic mass is 35.5. The van der Waals surface area contributed by atoms with Gasteiger partial charge in [0.15, 0.2) is 5.78 Å². The van der Waals surface area contributed by atoms with Crippen LogP contribution in [0.15, 0.2) is 36.4 Å². The summed E-state index contributed by atoms with van der Waals surface area (Å²) in [5.41, 5.74) is 6.41. The van der Waals surface area contributed by atoms with Crippen molar-refractivity contribution in [3.63, 3.8) is 0 Å². The Kier molecular flexibility index (Phi) is 9.16. The highest BCUT2D eigenvalue weighted by Gasteiger charge is 2.36. The normalized spacial score (nSPS) is 14.9. The van der Waals surface area contributed by atoms with Gasteiger partial charge < -0.3 is 16.2 Å². The lowest BCUT2D eigenvalue weighted by Gasteiger charge is -2.24. The number of primary amides is 1. The number of ketones is 1. The average Bonchev–Trinajstić information content (AvgIpc) is 3.59. The maximum Gasteiger partial charge on any atom is 0.218 e. The minimum atomic E-state index is -0.649. The summed E-state index contributed by atoms with van der Waals surface area (Å²) in [6.45, 7) is 5.68. The molecule has 0 aromatic heterocycles. The van der Waals surface area contributed by atoms with Crippen molar-refractivity contribution in [3.05, 3.63) is 69.5 Å². The van der Waals surface area contributed by atoms with Crippen LogP contribution in [0.4, 0.5) is 4.39 Å². The Morgan fingerprint density at radius 2 is 1.81 bits per heavy atom. The van der Waals surface area contributed by atoms with Gasteiger partial charge in [-0.05, 0) is 37.3 Å². The molecule has 168 valence electrons. The van der Waals surface area contributed by atoms with Crippen LogP contribution >= 0.6 is 11.6 Å². The van der Waals surface area contributed by atoms with E-state index in [-0.39, 0.29) is 47.2 Å². The molecule has 0 radical (unpaired) electrons. The molecule has 2 aromatic carbocycles. The molecule has 1 aliphatic rings. The number of carbonyl (C=O) groups is 2. The van der Waals surface area contributed by atoms with Crippen molar-refractivity contribution in [1.29, 1.82) is 0 Å². The van der Waals surface area contributed by atoms with Crippen molar-refractivity contribution in [2.24, 2.45) is 11.7 Å². The van der Waals surface area contributed by atoms with Gasteiger partial charge in [-0.25, -0.2) is 4.39 Å². The maximum absolute atomic E-state index is 15.5. The molecule has 0 saturated heterocycles. The summed E-state index contributed by atoms with van der Waals surface area (Å²) in [6, 6.07) is 8.89. The summed E-state index contributed by atoms with van der Waals surface area (Å²) in [5.74, 6) is -1.37. The number of nitrogens with one attached hydrogen (secondary N) is 1. The van der Waals surface area contributed by atoms with E-state index in [4.69, 9.17) is 22.4 Å². The average molecular weight is 449 g/mol. The molecule has 3 rings (SSSR count). The first-order valence-electron chi connectivity index (χ1n) is 10.6. The van der Waals surface area contributed by atoms with Crippen LogP contribution in [0.2, 0.25) is 5.02 Å². The first-order valence-corrected chi connectivity index (χ1v) is 11.0. The summed E-state index contributed by atoms with van der Waals surface area (Å²) in [4.78, 5) is 24.1. The Balaban J connectivity index is 0.00000166. The second kappa shape index (κ2) is 11.4. The number of nitrogens with two attached hydrogens (primary N) is 1. The van der Waals surface area contributed by atoms with Crippen LogP contribution < -0.4 is 11.1 Å². The largest absolute Gasteiger partial charge is 0.392 e. The molecule has 1 amide bonds. The zero-order valence-corrected chi connectivity index (χ0v) is 18.9. The van der Waals surface area contributed by atoms with Gasteiger partial charge in [0.05, 0.1) is 17.2 Å². The van der Waals surface area contributed by atoms with E-state index in [1.165, 1.54) is 6.07 Å². The smallest absolute Gasteiger partial charge is 0.218 e. The van der Waals surface area contributed by atoms with E-state index in [1.807, 2.05) is 20.8 Å². The molecule has 5 nitrogen and oxygen atoms in total. The van der Waals surface area contributed by atoms with Gasteiger partial charge in [-0.1, -0.05) is 55.8 Å². The van der Waals surface area contributed by atoms with Gasteiger partial charge in [-0.3, -0.25) is 9.59 Å². The van der Waals surface area contributed by atoms with Crippen molar-refractivity contribution >= 4 is 23.3 Å². The fourth-order valence-corrected chi connectivity index (χ4v) is 3.73.